The van der Waals surface area contributed by atoms with Gasteiger partial charge in [-0.25, -0.2) is 0 Å². The zero-order valence-electron chi connectivity index (χ0n) is 38.5. The summed E-state index contributed by atoms with van der Waals surface area (Å²) in [6, 6.07) is 0. The second kappa shape index (κ2) is 47.5. The number of allylic oxidation sites excluding steroid dienone is 12. The Bertz CT molecular complexity index is 1130. The SMILES string of the molecule is CC/C=C/C=C/C=C/C=C/CCCCCC(=O)OC(COC(=O)CCCCCCCC/C=C/C=C/CCCCC)COC(=O)CCCCCCCCCCCCCCC. The van der Waals surface area contributed by atoms with Crippen LogP contribution in [0.15, 0.2) is 72.9 Å². The molecule has 0 heterocycles. The van der Waals surface area contributed by atoms with Crippen molar-refractivity contribution in [2.75, 3.05) is 13.2 Å². The van der Waals surface area contributed by atoms with Crippen LogP contribution in [-0.4, -0.2) is 37.2 Å². The normalized spacial score (nSPS) is 12.7. The van der Waals surface area contributed by atoms with Crippen molar-refractivity contribution in [2.24, 2.45) is 0 Å². The highest BCUT2D eigenvalue weighted by Gasteiger charge is 2.19. The van der Waals surface area contributed by atoms with Crippen LogP contribution in [0.25, 0.3) is 0 Å². The van der Waals surface area contributed by atoms with Crippen molar-refractivity contribution in [2.45, 2.75) is 232 Å². The molecule has 6 heteroatoms. The molecule has 0 radical (unpaired) electrons. The summed E-state index contributed by atoms with van der Waals surface area (Å²) in [5.74, 6) is -0.946. The lowest BCUT2D eigenvalue weighted by Gasteiger charge is -2.18. The molecule has 0 spiro atoms. The smallest absolute Gasteiger partial charge is 0.306 e. The third kappa shape index (κ3) is 45.8. The van der Waals surface area contributed by atoms with Gasteiger partial charge >= 0.3 is 17.9 Å². The lowest BCUT2D eigenvalue weighted by atomic mass is 10.0. The molecule has 0 amide bonds. The van der Waals surface area contributed by atoms with Gasteiger partial charge in [-0.1, -0.05) is 216 Å². The van der Waals surface area contributed by atoms with E-state index in [1.807, 2.05) is 36.5 Å². The maximum Gasteiger partial charge on any atom is 0.306 e. The summed E-state index contributed by atoms with van der Waals surface area (Å²) in [6.45, 7) is 6.42. The molecule has 1 atom stereocenters. The Kier molecular flexibility index (Phi) is 45.0. The average molecular weight is 823 g/mol. The monoisotopic (exact) mass is 823 g/mol. The quantitative estimate of drug-likeness (QED) is 0.0264. The van der Waals surface area contributed by atoms with E-state index >= 15 is 0 Å². The summed E-state index contributed by atoms with van der Waals surface area (Å²) in [5, 5.41) is 0. The first-order valence-electron chi connectivity index (χ1n) is 24.5. The van der Waals surface area contributed by atoms with Crippen LogP contribution >= 0.6 is 0 Å². The van der Waals surface area contributed by atoms with Gasteiger partial charge in [-0.3, -0.25) is 14.4 Å². The second-order valence-electron chi connectivity index (χ2n) is 16.1. The Morgan fingerprint density at radius 2 is 0.661 bits per heavy atom. The number of esters is 3. The average Bonchev–Trinajstić information content (AvgIpc) is 3.23. The van der Waals surface area contributed by atoms with E-state index in [1.54, 1.807) is 0 Å². The number of ether oxygens (including phenoxy) is 3. The highest BCUT2D eigenvalue weighted by Crippen LogP contribution is 2.14. The standard InChI is InChI=1S/C53H90O6/c1-4-7-10-13-16-19-22-25-26-29-31-34-37-40-43-46-52(55)58-49-50(59-53(56)47-44-41-38-35-32-28-24-21-18-15-12-9-6-3)48-57-51(54)45-42-39-36-33-30-27-23-20-17-14-11-8-5-2/h9,12,15-16,18-19,21-22,24-25,28,32,50H,4-8,10-11,13-14,17,20,23,26-27,29-31,33-49H2,1-3H3/b12-9+,18-15+,19-16+,24-21+,25-22+,32-28+. The molecule has 59 heavy (non-hydrogen) atoms. The molecule has 0 fully saturated rings. The maximum atomic E-state index is 12.7. The molecule has 0 aliphatic heterocycles. The molecule has 0 N–H and O–H groups in total. The van der Waals surface area contributed by atoms with E-state index in [9.17, 15) is 14.4 Å². The fourth-order valence-corrected chi connectivity index (χ4v) is 6.62. The van der Waals surface area contributed by atoms with Gasteiger partial charge in [0.2, 0.25) is 0 Å². The number of hydrogen-bond acceptors (Lipinski definition) is 6. The van der Waals surface area contributed by atoms with Gasteiger partial charge in [0.05, 0.1) is 0 Å². The minimum atomic E-state index is -0.797. The molecule has 6 nitrogen and oxygen atoms in total. The van der Waals surface area contributed by atoms with E-state index in [0.717, 1.165) is 70.6 Å². The number of hydrogen-bond donors (Lipinski definition) is 0. The van der Waals surface area contributed by atoms with E-state index in [0.29, 0.717) is 19.3 Å². The largest absolute Gasteiger partial charge is 0.462 e. The third-order valence-electron chi connectivity index (χ3n) is 10.3. The lowest BCUT2D eigenvalue weighted by Crippen LogP contribution is -2.30. The molecule has 0 bridgehead atoms. The van der Waals surface area contributed by atoms with Gasteiger partial charge in [-0.05, 0) is 64.2 Å². The molecule has 1 unspecified atom stereocenters. The van der Waals surface area contributed by atoms with E-state index in [-0.39, 0.29) is 37.5 Å². The summed E-state index contributed by atoms with van der Waals surface area (Å²) in [6.07, 6.45) is 58.8. The number of carbonyl (C=O) groups is 3. The minimum Gasteiger partial charge on any atom is -0.462 e. The lowest BCUT2D eigenvalue weighted by molar-refractivity contribution is -0.167. The Morgan fingerprint density at radius 3 is 1.10 bits per heavy atom. The molecule has 338 valence electrons. The molecule has 0 aromatic rings. The van der Waals surface area contributed by atoms with Crippen molar-refractivity contribution in [1.29, 1.82) is 0 Å². The molecule has 0 saturated carbocycles. The molecule has 0 saturated heterocycles. The fourth-order valence-electron chi connectivity index (χ4n) is 6.62. The highest BCUT2D eigenvalue weighted by molar-refractivity contribution is 5.71. The summed E-state index contributed by atoms with van der Waals surface area (Å²) in [5.41, 5.74) is 0. The highest BCUT2D eigenvalue weighted by atomic mass is 16.6. The molecule has 0 aliphatic carbocycles. The number of carbonyl (C=O) groups excluding carboxylic acids is 3. The van der Waals surface area contributed by atoms with E-state index < -0.39 is 6.10 Å². The van der Waals surface area contributed by atoms with Crippen molar-refractivity contribution >= 4 is 17.9 Å². The Hall–Kier alpha value is -3.15. The zero-order valence-corrected chi connectivity index (χ0v) is 38.5. The molecular weight excluding hydrogens is 733 g/mol. The molecular formula is C53H90O6. The van der Waals surface area contributed by atoms with E-state index in [4.69, 9.17) is 14.2 Å². The first-order chi connectivity index (χ1) is 29.0. The second-order valence-corrected chi connectivity index (χ2v) is 16.1. The van der Waals surface area contributed by atoms with Crippen LogP contribution < -0.4 is 0 Å². The van der Waals surface area contributed by atoms with Gasteiger partial charge in [-0.15, -0.1) is 0 Å². The van der Waals surface area contributed by atoms with E-state index in [1.165, 1.54) is 109 Å². The first kappa shape index (κ1) is 55.9. The third-order valence-corrected chi connectivity index (χ3v) is 10.3. The summed E-state index contributed by atoms with van der Waals surface area (Å²) < 4.78 is 16.7. The molecule has 0 aromatic heterocycles. The van der Waals surface area contributed by atoms with Crippen molar-refractivity contribution < 1.29 is 28.6 Å². The van der Waals surface area contributed by atoms with Gasteiger partial charge in [0, 0.05) is 19.3 Å². The summed E-state index contributed by atoms with van der Waals surface area (Å²) >= 11 is 0. The fraction of sp³-hybridized carbons (Fsp3) is 0.717. The van der Waals surface area contributed by atoms with Gasteiger partial charge in [0.1, 0.15) is 13.2 Å². The topological polar surface area (TPSA) is 78.9 Å². The number of unbranched alkanes of at least 4 members (excludes halogenated alkanes) is 24. The van der Waals surface area contributed by atoms with Gasteiger partial charge in [-0.2, -0.15) is 0 Å². The van der Waals surface area contributed by atoms with Crippen molar-refractivity contribution in [3.8, 4) is 0 Å². The van der Waals surface area contributed by atoms with Gasteiger partial charge < -0.3 is 14.2 Å². The first-order valence-corrected chi connectivity index (χ1v) is 24.5. The van der Waals surface area contributed by atoms with E-state index in [2.05, 4.69) is 57.2 Å². The predicted octanol–water partition coefficient (Wildman–Crippen LogP) is 15.9. The van der Waals surface area contributed by atoms with Crippen molar-refractivity contribution in [3.05, 3.63) is 72.9 Å². The zero-order chi connectivity index (χ0) is 43.0. The number of rotatable bonds is 43. The van der Waals surface area contributed by atoms with Crippen LogP contribution in [0.4, 0.5) is 0 Å². The van der Waals surface area contributed by atoms with Crippen LogP contribution in [0.3, 0.4) is 0 Å². The molecule has 0 aromatic carbocycles. The van der Waals surface area contributed by atoms with Crippen LogP contribution in [0, 0.1) is 0 Å². The van der Waals surface area contributed by atoms with Crippen LogP contribution in [0.1, 0.15) is 226 Å². The van der Waals surface area contributed by atoms with Crippen LogP contribution in [-0.2, 0) is 28.6 Å². The summed E-state index contributed by atoms with van der Waals surface area (Å²) in [4.78, 5) is 37.9. The Morgan fingerprint density at radius 1 is 0.356 bits per heavy atom. The van der Waals surface area contributed by atoms with Crippen LogP contribution in [0.2, 0.25) is 0 Å². The van der Waals surface area contributed by atoms with Gasteiger partial charge in [0.15, 0.2) is 6.10 Å². The van der Waals surface area contributed by atoms with Crippen molar-refractivity contribution in [1.82, 2.24) is 0 Å². The summed E-state index contributed by atoms with van der Waals surface area (Å²) in [7, 11) is 0. The predicted molar refractivity (Wildman–Crippen MR) is 251 cm³/mol. The van der Waals surface area contributed by atoms with Gasteiger partial charge in [0.25, 0.3) is 0 Å². The van der Waals surface area contributed by atoms with Crippen molar-refractivity contribution in [3.63, 3.8) is 0 Å². The molecule has 0 aliphatic rings. The molecule has 0 rings (SSSR count). The van der Waals surface area contributed by atoms with Crippen LogP contribution in [0.5, 0.6) is 0 Å². The minimum absolute atomic E-state index is 0.0941. The maximum absolute atomic E-state index is 12.7. The Balaban J connectivity index is 4.45. The Labute approximate surface area is 363 Å².